The Hall–Kier alpha value is -4.01. The van der Waals surface area contributed by atoms with Crippen LogP contribution < -0.4 is 10.6 Å². The molecule has 12 nitrogen and oxygen atoms in total. The molecule has 0 aliphatic carbocycles. The predicted octanol–water partition coefficient (Wildman–Crippen LogP) is 3.60. The number of carboxylic acid groups (broad SMARTS) is 2. The van der Waals surface area contributed by atoms with Crippen molar-refractivity contribution < 1.29 is 29.7 Å². The summed E-state index contributed by atoms with van der Waals surface area (Å²) in [5, 5.41) is 65.3. The Morgan fingerprint density at radius 2 is 1.17 bits per heavy atom. The molecule has 224 valence electrons. The summed E-state index contributed by atoms with van der Waals surface area (Å²) in [7, 11) is 0. The lowest BCUT2D eigenvalue weighted by molar-refractivity contribution is -0.137. The van der Waals surface area contributed by atoms with Crippen LogP contribution in [0.3, 0.4) is 0 Å². The molecule has 9 N–H and O–H groups in total. The van der Waals surface area contributed by atoms with Gasteiger partial charge in [0.05, 0.1) is 29.3 Å². The predicted molar refractivity (Wildman–Crippen MR) is 165 cm³/mol. The Balaban J connectivity index is 1.62. The van der Waals surface area contributed by atoms with Gasteiger partial charge in [-0.15, -0.1) is 0 Å². The van der Waals surface area contributed by atoms with E-state index >= 15 is 0 Å². The van der Waals surface area contributed by atoms with Crippen molar-refractivity contribution in [2.75, 3.05) is 0 Å². The first kappa shape index (κ1) is 34.2. The SMILES string of the molecule is N=C(CCCCC(=N)SC(=N)NC(O)Cc1cccc(CC(=O)O)c1)SC(=N)NC(=O)Cc1cccc(CC(=O)O)c1. The number of benzene rings is 2. The number of unbranched alkanes of at least 4 members (excludes halogenated alkanes) is 1. The lowest BCUT2D eigenvalue weighted by Crippen LogP contribution is -2.34. The number of nitrogens with one attached hydrogen (secondary N) is 6. The molecular weight excluding hydrogens is 580 g/mol. The van der Waals surface area contributed by atoms with E-state index in [4.69, 9.17) is 31.9 Å². The molecule has 0 fully saturated rings. The van der Waals surface area contributed by atoms with Crippen LogP contribution in [0.15, 0.2) is 48.5 Å². The second-order valence-electron chi connectivity index (χ2n) is 9.29. The number of carbonyl (C=O) groups excluding carboxylic acids is 1. The molecule has 1 unspecified atom stereocenters. The van der Waals surface area contributed by atoms with Crippen LogP contribution in [0, 0.1) is 21.6 Å². The smallest absolute Gasteiger partial charge is 0.307 e. The van der Waals surface area contributed by atoms with Crippen LogP contribution in [0.4, 0.5) is 0 Å². The highest BCUT2D eigenvalue weighted by Crippen LogP contribution is 2.15. The molecule has 0 aliphatic heterocycles. The molecule has 42 heavy (non-hydrogen) atoms. The van der Waals surface area contributed by atoms with Gasteiger partial charge in [0.1, 0.15) is 6.23 Å². The molecule has 1 amide bonds. The van der Waals surface area contributed by atoms with E-state index in [1.165, 1.54) is 0 Å². The second kappa shape index (κ2) is 17.7. The van der Waals surface area contributed by atoms with Gasteiger partial charge in [-0.05, 0) is 71.5 Å². The highest BCUT2D eigenvalue weighted by molar-refractivity contribution is 8.26. The number of thioether (sulfide) groups is 2. The summed E-state index contributed by atoms with van der Waals surface area (Å²) in [6, 6.07) is 13.5. The summed E-state index contributed by atoms with van der Waals surface area (Å²) in [5.74, 6) is -2.35. The summed E-state index contributed by atoms with van der Waals surface area (Å²) >= 11 is 1.71. The number of aliphatic hydroxyl groups is 1. The maximum absolute atomic E-state index is 12.2. The minimum absolute atomic E-state index is 0.0234. The van der Waals surface area contributed by atoms with Crippen LogP contribution in [-0.2, 0) is 40.1 Å². The number of carboxylic acids is 2. The minimum atomic E-state index is -1.08. The van der Waals surface area contributed by atoms with Crippen LogP contribution in [0.5, 0.6) is 0 Å². The van der Waals surface area contributed by atoms with Crippen molar-refractivity contribution >= 4 is 61.8 Å². The van der Waals surface area contributed by atoms with Crippen molar-refractivity contribution in [2.45, 2.75) is 57.6 Å². The molecule has 0 spiro atoms. The van der Waals surface area contributed by atoms with Gasteiger partial charge >= 0.3 is 11.9 Å². The third kappa shape index (κ3) is 14.6. The van der Waals surface area contributed by atoms with Crippen molar-refractivity contribution in [3.63, 3.8) is 0 Å². The first-order valence-corrected chi connectivity index (χ1v) is 14.5. The number of hydrogen-bond acceptors (Lipinski definition) is 10. The lowest BCUT2D eigenvalue weighted by Gasteiger charge is -2.15. The van der Waals surface area contributed by atoms with E-state index in [0.717, 1.165) is 29.1 Å². The Bertz CT molecular complexity index is 1340. The molecule has 0 bridgehead atoms. The van der Waals surface area contributed by atoms with Gasteiger partial charge in [0, 0.05) is 6.42 Å². The normalized spacial score (nSPS) is 11.3. The number of amides is 1. The maximum Gasteiger partial charge on any atom is 0.307 e. The van der Waals surface area contributed by atoms with Gasteiger partial charge in [-0.25, -0.2) is 0 Å². The van der Waals surface area contributed by atoms with Gasteiger partial charge in [0.25, 0.3) is 0 Å². The van der Waals surface area contributed by atoms with Crippen molar-refractivity contribution in [1.29, 1.82) is 21.6 Å². The van der Waals surface area contributed by atoms with Crippen LogP contribution in [0.2, 0.25) is 0 Å². The van der Waals surface area contributed by atoms with E-state index in [-0.39, 0.29) is 46.1 Å². The van der Waals surface area contributed by atoms with Crippen LogP contribution in [0.1, 0.15) is 47.9 Å². The molecule has 0 aliphatic rings. The Labute approximate surface area is 251 Å². The van der Waals surface area contributed by atoms with Gasteiger partial charge in [-0.1, -0.05) is 48.5 Å². The third-order valence-electron chi connectivity index (χ3n) is 5.55. The fourth-order valence-electron chi connectivity index (χ4n) is 3.82. The first-order valence-electron chi connectivity index (χ1n) is 12.9. The largest absolute Gasteiger partial charge is 0.481 e. The molecule has 0 saturated carbocycles. The second-order valence-corrected chi connectivity index (χ2v) is 11.5. The number of aliphatic carboxylic acids is 2. The molecule has 0 saturated heterocycles. The first-order chi connectivity index (χ1) is 19.9. The molecule has 14 heteroatoms. The molecule has 2 aromatic carbocycles. The van der Waals surface area contributed by atoms with Gasteiger partial charge in [-0.2, -0.15) is 0 Å². The fraction of sp³-hybridized carbons (Fsp3) is 0.321. The highest BCUT2D eigenvalue weighted by Gasteiger charge is 2.13. The minimum Gasteiger partial charge on any atom is -0.481 e. The van der Waals surface area contributed by atoms with Gasteiger partial charge in [0.15, 0.2) is 10.3 Å². The number of rotatable bonds is 14. The van der Waals surface area contributed by atoms with Crippen LogP contribution >= 0.6 is 23.5 Å². The van der Waals surface area contributed by atoms with Crippen LogP contribution in [0.25, 0.3) is 0 Å². The van der Waals surface area contributed by atoms with E-state index in [1.54, 1.807) is 48.5 Å². The summed E-state index contributed by atoms with van der Waals surface area (Å²) in [4.78, 5) is 34.0. The molecule has 2 rings (SSSR count). The van der Waals surface area contributed by atoms with E-state index < -0.39 is 24.1 Å². The average molecular weight is 615 g/mol. The molecule has 0 heterocycles. The monoisotopic (exact) mass is 614 g/mol. The topological polar surface area (TPSA) is 231 Å². The fourth-order valence-corrected chi connectivity index (χ4v) is 5.17. The Kier molecular flexibility index (Phi) is 14.4. The summed E-state index contributed by atoms with van der Waals surface area (Å²) in [5.41, 5.74) is 2.54. The standard InChI is InChI=1S/C28H34N6O6S2/c29-21(41-27(31)33-23(35)13-17-5-3-7-19(11-17)15-25(37)38)9-1-2-10-22(30)42-28(32)34-24(36)14-18-6-4-8-20(12-18)16-26(39)40/h3-8,11-12,23,29-30,35H,1-2,9-10,13-16H2,(H2,31,33)(H,37,38)(H,39,40)(H2,32,34,36). The van der Waals surface area contributed by atoms with Crippen LogP contribution in [-0.4, -0.2) is 59.8 Å². The van der Waals surface area contributed by atoms with Crippen molar-refractivity contribution in [3.8, 4) is 0 Å². The van der Waals surface area contributed by atoms with E-state index in [1.807, 2.05) is 0 Å². The number of aliphatic hydroxyl groups excluding tert-OH is 1. The van der Waals surface area contributed by atoms with Crippen molar-refractivity contribution in [1.82, 2.24) is 10.6 Å². The molecule has 0 radical (unpaired) electrons. The highest BCUT2D eigenvalue weighted by atomic mass is 32.2. The molecular formula is C28H34N6O6S2. The van der Waals surface area contributed by atoms with E-state index in [9.17, 15) is 19.5 Å². The molecule has 0 aromatic heterocycles. The zero-order chi connectivity index (χ0) is 31.1. The van der Waals surface area contributed by atoms with Crippen molar-refractivity contribution in [2.24, 2.45) is 0 Å². The number of amidine groups is 2. The van der Waals surface area contributed by atoms with Gasteiger partial charge in [-0.3, -0.25) is 36.0 Å². The van der Waals surface area contributed by atoms with E-state index in [2.05, 4.69) is 10.6 Å². The Morgan fingerprint density at radius 3 is 1.69 bits per heavy atom. The quantitative estimate of drug-likeness (QED) is 0.0654. The summed E-state index contributed by atoms with van der Waals surface area (Å²) < 4.78 is 0. The summed E-state index contributed by atoms with van der Waals surface area (Å²) in [6.07, 6.45) is 0.675. The molecule has 2 aromatic rings. The van der Waals surface area contributed by atoms with Gasteiger partial charge in [0.2, 0.25) is 5.91 Å². The molecule has 1 atom stereocenters. The Morgan fingerprint density at radius 1 is 0.714 bits per heavy atom. The number of carbonyl (C=O) groups is 3. The maximum atomic E-state index is 12.2. The third-order valence-corrected chi connectivity index (χ3v) is 7.08. The van der Waals surface area contributed by atoms with E-state index in [0.29, 0.717) is 42.4 Å². The lowest BCUT2D eigenvalue weighted by atomic mass is 10.1. The zero-order valence-corrected chi connectivity index (χ0v) is 24.4. The van der Waals surface area contributed by atoms with Gasteiger partial charge < -0.3 is 26.0 Å². The zero-order valence-electron chi connectivity index (χ0n) is 22.7. The summed E-state index contributed by atoms with van der Waals surface area (Å²) in [6.45, 7) is 0. The number of hydrogen-bond donors (Lipinski definition) is 9. The van der Waals surface area contributed by atoms with Crippen molar-refractivity contribution in [3.05, 3.63) is 70.8 Å². The average Bonchev–Trinajstić information content (AvgIpc) is 2.85.